The summed E-state index contributed by atoms with van der Waals surface area (Å²) >= 11 is 3.12. The smallest absolute Gasteiger partial charge is 0.326 e. The first-order chi connectivity index (χ1) is 9.39. The third-order valence-electron chi connectivity index (χ3n) is 3.02. The molecular weight excluding hydrogens is 368 g/mol. The minimum atomic E-state index is -5.45. The van der Waals surface area contributed by atoms with Gasteiger partial charge in [-0.2, -0.15) is 31.4 Å². The molecule has 1 rings (SSSR count). The monoisotopic (exact) mass is 381 g/mol. The Bertz CT molecular complexity index is 479. The van der Waals surface area contributed by atoms with Crippen molar-refractivity contribution in [2.24, 2.45) is 11.7 Å². The van der Waals surface area contributed by atoms with Gasteiger partial charge in [-0.25, -0.2) is 0 Å². The molecule has 0 spiro atoms. The van der Waals surface area contributed by atoms with Crippen LogP contribution in [-0.4, -0.2) is 28.2 Å². The summed E-state index contributed by atoms with van der Waals surface area (Å²) in [6.07, 6.45) is -11.5. The molecule has 1 heterocycles. The quantitative estimate of drug-likeness (QED) is 0.810. The number of aryl methyl sites for hydroxylation is 2. The molecule has 0 bridgehead atoms. The average molecular weight is 382 g/mol. The van der Waals surface area contributed by atoms with E-state index in [0.29, 0.717) is 16.7 Å². The van der Waals surface area contributed by atoms with Crippen molar-refractivity contribution < 1.29 is 26.3 Å². The molecule has 0 radical (unpaired) electrons. The van der Waals surface area contributed by atoms with Gasteiger partial charge < -0.3 is 5.73 Å². The number of alkyl halides is 6. The van der Waals surface area contributed by atoms with Crippen molar-refractivity contribution in [1.29, 1.82) is 0 Å². The Morgan fingerprint density at radius 2 is 1.67 bits per heavy atom. The molecule has 0 saturated carbocycles. The average Bonchev–Trinajstić information content (AvgIpc) is 2.52. The molecule has 0 aliphatic heterocycles. The van der Waals surface area contributed by atoms with Crippen molar-refractivity contribution in [2.75, 3.05) is 0 Å². The van der Waals surface area contributed by atoms with Gasteiger partial charge >= 0.3 is 12.4 Å². The molecule has 0 aliphatic rings. The van der Waals surface area contributed by atoms with E-state index in [1.54, 1.807) is 13.8 Å². The van der Waals surface area contributed by atoms with Crippen molar-refractivity contribution in [3.8, 4) is 0 Å². The third-order valence-corrected chi connectivity index (χ3v) is 4.05. The molecule has 0 amide bonds. The minimum absolute atomic E-state index is 0.223. The molecule has 0 saturated heterocycles. The lowest BCUT2D eigenvalue weighted by atomic mass is 9.95. The van der Waals surface area contributed by atoms with Crippen molar-refractivity contribution in [2.45, 2.75) is 45.2 Å². The van der Waals surface area contributed by atoms with Crippen LogP contribution in [0.5, 0.6) is 0 Å². The molecule has 10 heteroatoms. The first-order valence-corrected chi connectivity index (χ1v) is 6.79. The van der Waals surface area contributed by atoms with E-state index in [0.717, 1.165) is 0 Å². The second-order valence-electron chi connectivity index (χ2n) is 4.59. The van der Waals surface area contributed by atoms with E-state index < -0.39 is 30.7 Å². The Hall–Kier alpha value is -0.770. The normalized spacial score (nSPS) is 14.8. The topological polar surface area (TPSA) is 43.8 Å². The molecule has 1 atom stereocenters. The van der Waals surface area contributed by atoms with Crippen LogP contribution in [0.2, 0.25) is 0 Å². The summed E-state index contributed by atoms with van der Waals surface area (Å²) in [7, 11) is 0. The highest BCUT2D eigenvalue weighted by atomic mass is 79.9. The molecule has 0 fully saturated rings. The van der Waals surface area contributed by atoms with Crippen LogP contribution in [0.4, 0.5) is 26.3 Å². The van der Waals surface area contributed by atoms with E-state index in [-0.39, 0.29) is 5.69 Å². The van der Waals surface area contributed by atoms with Crippen LogP contribution in [0, 0.1) is 12.8 Å². The zero-order chi connectivity index (χ0) is 16.6. The third kappa shape index (κ3) is 4.12. The van der Waals surface area contributed by atoms with Crippen molar-refractivity contribution in [3.63, 3.8) is 0 Å². The maximum Gasteiger partial charge on any atom is 0.402 e. The molecule has 1 aromatic heterocycles. The maximum absolute atomic E-state index is 12.6. The summed E-state index contributed by atoms with van der Waals surface area (Å²) in [5, 5.41) is 4.02. The first kappa shape index (κ1) is 18.3. The Balaban J connectivity index is 3.11. The summed E-state index contributed by atoms with van der Waals surface area (Å²) in [4.78, 5) is 0. The second-order valence-corrected chi connectivity index (χ2v) is 5.38. The van der Waals surface area contributed by atoms with Crippen LogP contribution in [0.1, 0.15) is 18.3 Å². The minimum Gasteiger partial charge on any atom is -0.326 e. The van der Waals surface area contributed by atoms with Gasteiger partial charge in [-0.05, 0) is 29.8 Å². The molecule has 0 aliphatic carbocycles. The number of nitrogens with zero attached hydrogens (tertiary/aromatic N) is 2. The first-order valence-electron chi connectivity index (χ1n) is 6.00. The lowest BCUT2D eigenvalue weighted by Gasteiger charge is -2.28. The van der Waals surface area contributed by atoms with Gasteiger partial charge in [0.25, 0.3) is 0 Å². The van der Waals surface area contributed by atoms with E-state index in [2.05, 4.69) is 21.0 Å². The van der Waals surface area contributed by atoms with E-state index in [1.807, 2.05) is 0 Å². The highest BCUT2D eigenvalue weighted by molar-refractivity contribution is 9.10. The van der Waals surface area contributed by atoms with Gasteiger partial charge in [0.1, 0.15) is 0 Å². The SMILES string of the molecule is CCn1nc(C)c(Br)c1CC(N)C(C(F)(F)F)C(F)(F)F. The standard InChI is InChI=1S/C11H14BrF6N3/c1-3-21-7(8(12)5(2)20-21)4-6(19)9(10(13,14)15)11(16,17)18/h6,9H,3-4,19H2,1-2H3. The molecular formula is C11H14BrF6N3. The van der Waals surface area contributed by atoms with Crippen molar-refractivity contribution in [1.82, 2.24) is 9.78 Å². The highest BCUT2D eigenvalue weighted by Gasteiger charge is 2.59. The summed E-state index contributed by atoms with van der Waals surface area (Å²) in [5.74, 6) is -3.57. The molecule has 0 aromatic carbocycles. The Morgan fingerprint density at radius 1 is 1.19 bits per heavy atom. The lowest BCUT2D eigenvalue weighted by Crippen LogP contribution is -2.50. The maximum atomic E-state index is 12.6. The van der Waals surface area contributed by atoms with Crippen LogP contribution < -0.4 is 5.73 Å². The van der Waals surface area contributed by atoms with Gasteiger partial charge in [0.15, 0.2) is 5.92 Å². The predicted octanol–water partition coefficient (Wildman–Crippen LogP) is 3.58. The van der Waals surface area contributed by atoms with Gasteiger partial charge in [-0.1, -0.05) is 0 Å². The molecule has 1 aromatic rings. The number of aromatic nitrogens is 2. The van der Waals surface area contributed by atoms with Crippen LogP contribution in [0.3, 0.4) is 0 Å². The zero-order valence-corrected chi connectivity index (χ0v) is 12.8. The van der Waals surface area contributed by atoms with Crippen molar-refractivity contribution in [3.05, 3.63) is 15.9 Å². The number of hydrogen-bond acceptors (Lipinski definition) is 2. The highest BCUT2D eigenvalue weighted by Crippen LogP contribution is 2.41. The number of rotatable bonds is 4. The van der Waals surface area contributed by atoms with E-state index >= 15 is 0 Å². The molecule has 21 heavy (non-hydrogen) atoms. The Kier molecular flexibility index (Phi) is 5.36. The van der Waals surface area contributed by atoms with E-state index in [4.69, 9.17) is 5.73 Å². The van der Waals surface area contributed by atoms with Crippen molar-refractivity contribution >= 4 is 15.9 Å². The predicted molar refractivity (Wildman–Crippen MR) is 67.6 cm³/mol. The number of halogens is 7. The Labute approximate surface area is 125 Å². The number of nitrogens with two attached hydrogens (primary N) is 1. The lowest BCUT2D eigenvalue weighted by molar-refractivity contribution is -0.289. The van der Waals surface area contributed by atoms with E-state index in [9.17, 15) is 26.3 Å². The molecule has 1 unspecified atom stereocenters. The van der Waals surface area contributed by atoms with Gasteiger partial charge in [-0.3, -0.25) is 4.68 Å². The zero-order valence-electron chi connectivity index (χ0n) is 11.2. The van der Waals surface area contributed by atoms with Gasteiger partial charge in [0.05, 0.1) is 15.9 Å². The molecule has 3 nitrogen and oxygen atoms in total. The summed E-state index contributed by atoms with van der Waals surface area (Å²) < 4.78 is 77.5. The molecule has 2 N–H and O–H groups in total. The molecule has 122 valence electrons. The van der Waals surface area contributed by atoms with E-state index in [1.165, 1.54) is 4.68 Å². The number of hydrogen-bond donors (Lipinski definition) is 1. The van der Waals surface area contributed by atoms with Gasteiger partial charge in [0, 0.05) is 19.0 Å². The second kappa shape index (κ2) is 6.15. The fourth-order valence-electron chi connectivity index (χ4n) is 2.08. The fraction of sp³-hybridized carbons (Fsp3) is 0.727. The summed E-state index contributed by atoms with van der Waals surface area (Å²) in [5.41, 5.74) is 5.93. The largest absolute Gasteiger partial charge is 0.402 e. The summed E-state index contributed by atoms with van der Waals surface area (Å²) in [6, 6.07) is -2.14. The van der Waals surface area contributed by atoms with Crippen LogP contribution in [-0.2, 0) is 13.0 Å². The fourth-order valence-corrected chi connectivity index (χ4v) is 2.52. The van der Waals surface area contributed by atoms with Gasteiger partial charge in [0.2, 0.25) is 0 Å². The van der Waals surface area contributed by atoms with Crippen LogP contribution >= 0.6 is 15.9 Å². The summed E-state index contributed by atoms with van der Waals surface area (Å²) in [6.45, 7) is 3.59. The van der Waals surface area contributed by atoms with Gasteiger partial charge in [-0.15, -0.1) is 0 Å². The van der Waals surface area contributed by atoms with Crippen LogP contribution in [0.25, 0.3) is 0 Å². The van der Waals surface area contributed by atoms with Crippen LogP contribution in [0.15, 0.2) is 4.47 Å². The Morgan fingerprint density at radius 3 is 2.05 bits per heavy atom.